The van der Waals surface area contributed by atoms with Gasteiger partial charge in [0.25, 0.3) is 0 Å². The molecule has 1 aliphatic rings. The van der Waals surface area contributed by atoms with Gasteiger partial charge >= 0.3 is 0 Å². The predicted octanol–water partition coefficient (Wildman–Crippen LogP) is 4.74. The molecule has 1 aliphatic heterocycles. The lowest BCUT2D eigenvalue weighted by Crippen LogP contribution is -2.47. The number of benzene rings is 1. The maximum Gasteiger partial charge on any atom is 0.193 e. The fourth-order valence-electron chi connectivity index (χ4n) is 3.02. The Bertz CT molecular complexity index is 608. The molecule has 5 nitrogen and oxygen atoms in total. The summed E-state index contributed by atoms with van der Waals surface area (Å²) in [6.07, 6.45) is 3.09. The molecule has 1 saturated heterocycles. The summed E-state index contributed by atoms with van der Waals surface area (Å²) in [5.41, 5.74) is 1.12. The number of hydrogen-bond acceptors (Lipinski definition) is 5. The average molecular weight is 409 g/mol. The summed E-state index contributed by atoms with van der Waals surface area (Å²) >= 11 is 0. The van der Waals surface area contributed by atoms with Crippen molar-refractivity contribution in [2.75, 3.05) is 13.7 Å². The Kier molecular flexibility index (Phi) is 8.25. The van der Waals surface area contributed by atoms with Gasteiger partial charge in [0.15, 0.2) is 8.32 Å². The second-order valence-corrected chi connectivity index (χ2v) is 13.8. The summed E-state index contributed by atoms with van der Waals surface area (Å²) in [7, 11) is -0.339. The zero-order valence-electron chi connectivity index (χ0n) is 18.2. The van der Waals surface area contributed by atoms with Crippen LogP contribution in [-0.2, 0) is 25.3 Å². The molecule has 6 heteroatoms. The molecule has 0 saturated carbocycles. The SMILES string of the molecule is COc1ccc(COCC[C@H]2CC[C@H]([C@@H](C=O)O[Si](C)(C)C(C)(C)C)O2)cc1. The van der Waals surface area contributed by atoms with Gasteiger partial charge in [0.1, 0.15) is 18.1 Å². The molecule has 28 heavy (non-hydrogen) atoms. The molecule has 0 aromatic heterocycles. The third kappa shape index (κ3) is 6.41. The summed E-state index contributed by atoms with van der Waals surface area (Å²) in [5.74, 6) is 0.846. The maximum atomic E-state index is 11.6. The highest BCUT2D eigenvalue weighted by molar-refractivity contribution is 6.74. The van der Waals surface area contributed by atoms with E-state index in [9.17, 15) is 4.79 Å². The van der Waals surface area contributed by atoms with Crippen molar-refractivity contribution in [3.05, 3.63) is 29.8 Å². The number of hydrogen-bond donors (Lipinski definition) is 0. The van der Waals surface area contributed by atoms with E-state index < -0.39 is 14.4 Å². The summed E-state index contributed by atoms with van der Waals surface area (Å²) in [6, 6.07) is 7.89. The summed E-state index contributed by atoms with van der Waals surface area (Å²) < 4.78 is 23.4. The van der Waals surface area contributed by atoms with Gasteiger partial charge in [-0.3, -0.25) is 0 Å². The molecule has 1 fully saturated rings. The smallest absolute Gasteiger partial charge is 0.193 e. The average Bonchev–Trinajstić information content (AvgIpc) is 3.11. The van der Waals surface area contributed by atoms with Gasteiger partial charge in [-0.2, -0.15) is 0 Å². The molecular weight excluding hydrogens is 372 g/mol. The van der Waals surface area contributed by atoms with E-state index in [0.717, 1.165) is 36.9 Å². The zero-order chi connectivity index (χ0) is 20.8. The van der Waals surface area contributed by atoms with Crippen LogP contribution in [0, 0.1) is 0 Å². The topological polar surface area (TPSA) is 54.0 Å². The molecule has 1 aromatic rings. The van der Waals surface area contributed by atoms with Gasteiger partial charge in [0, 0.05) is 6.61 Å². The highest BCUT2D eigenvalue weighted by atomic mass is 28.4. The van der Waals surface area contributed by atoms with Crippen LogP contribution in [0.3, 0.4) is 0 Å². The van der Waals surface area contributed by atoms with E-state index in [1.165, 1.54) is 0 Å². The van der Waals surface area contributed by atoms with Gasteiger partial charge in [0.05, 0.1) is 25.9 Å². The van der Waals surface area contributed by atoms with E-state index in [4.69, 9.17) is 18.6 Å². The van der Waals surface area contributed by atoms with Crippen LogP contribution in [0.5, 0.6) is 5.75 Å². The maximum absolute atomic E-state index is 11.6. The molecular formula is C22H36O5Si. The largest absolute Gasteiger partial charge is 0.497 e. The lowest BCUT2D eigenvalue weighted by atomic mass is 10.1. The molecule has 1 aromatic carbocycles. The van der Waals surface area contributed by atoms with Crippen molar-refractivity contribution >= 4 is 14.6 Å². The van der Waals surface area contributed by atoms with Crippen LogP contribution >= 0.6 is 0 Å². The zero-order valence-corrected chi connectivity index (χ0v) is 19.2. The summed E-state index contributed by atoms with van der Waals surface area (Å²) in [5, 5.41) is 0.0710. The standard InChI is InChI=1S/C22H36O5Si/c1-22(2,3)28(5,6)27-21(15-23)20-12-11-19(26-20)13-14-25-16-17-7-9-18(24-4)10-8-17/h7-10,15,19-21H,11-14,16H2,1-6H3/t19-,20-,21-/m1/s1. The van der Waals surface area contributed by atoms with Crippen LogP contribution in [0.25, 0.3) is 0 Å². The van der Waals surface area contributed by atoms with Gasteiger partial charge in [-0.25, -0.2) is 0 Å². The highest BCUT2D eigenvalue weighted by Crippen LogP contribution is 2.38. The first-order valence-corrected chi connectivity index (χ1v) is 13.1. The first-order valence-electron chi connectivity index (χ1n) is 10.2. The molecule has 0 spiro atoms. The fraction of sp³-hybridized carbons (Fsp3) is 0.682. The van der Waals surface area contributed by atoms with Crippen molar-refractivity contribution in [3.8, 4) is 5.75 Å². The number of aldehydes is 1. The number of carbonyl (C=O) groups is 1. The molecule has 158 valence electrons. The van der Waals surface area contributed by atoms with Crippen molar-refractivity contribution < 1.29 is 23.4 Å². The number of carbonyl (C=O) groups excluding carboxylic acids is 1. The highest BCUT2D eigenvalue weighted by Gasteiger charge is 2.42. The molecule has 0 N–H and O–H groups in total. The van der Waals surface area contributed by atoms with E-state index in [1.54, 1.807) is 7.11 Å². The van der Waals surface area contributed by atoms with E-state index in [-0.39, 0.29) is 17.2 Å². The van der Waals surface area contributed by atoms with Crippen molar-refractivity contribution in [1.82, 2.24) is 0 Å². The van der Waals surface area contributed by atoms with E-state index in [0.29, 0.717) is 13.2 Å². The minimum absolute atomic E-state index is 0.0710. The molecule has 0 radical (unpaired) electrons. The van der Waals surface area contributed by atoms with Crippen molar-refractivity contribution in [2.45, 2.75) is 83.1 Å². The van der Waals surface area contributed by atoms with E-state index >= 15 is 0 Å². The first-order chi connectivity index (χ1) is 13.2. The van der Waals surface area contributed by atoms with Crippen molar-refractivity contribution in [1.29, 1.82) is 0 Å². The summed E-state index contributed by atoms with van der Waals surface area (Å²) in [4.78, 5) is 11.6. The lowest BCUT2D eigenvalue weighted by molar-refractivity contribution is -0.121. The summed E-state index contributed by atoms with van der Waals surface area (Å²) in [6.45, 7) is 12.1. The Balaban J connectivity index is 1.74. The Hall–Kier alpha value is -1.21. The molecule has 0 amide bonds. The number of methoxy groups -OCH3 is 1. The second kappa shape index (κ2) is 10.0. The minimum atomic E-state index is -2.00. The molecule has 0 aliphatic carbocycles. The van der Waals surface area contributed by atoms with Crippen LogP contribution in [0.2, 0.25) is 18.1 Å². The minimum Gasteiger partial charge on any atom is -0.497 e. The number of rotatable bonds is 10. The van der Waals surface area contributed by atoms with Crippen LogP contribution in [0.15, 0.2) is 24.3 Å². The fourth-order valence-corrected chi connectivity index (χ4v) is 4.26. The third-order valence-electron chi connectivity index (χ3n) is 5.89. The predicted molar refractivity (Wildman–Crippen MR) is 113 cm³/mol. The quantitative estimate of drug-likeness (QED) is 0.318. The van der Waals surface area contributed by atoms with Gasteiger partial charge < -0.3 is 23.4 Å². The van der Waals surface area contributed by atoms with Gasteiger partial charge in [-0.1, -0.05) is 32.9 Å². The van der Waals surface area contributed by atoms with Crippen molar-refractivity contribution in [3.63, 3.8) is 0 Å². The Labute approximate surface area is 170 Å². The molecule has 2 rings (SSSR count). The van der Waals surface area contributed by atoms with Gasteiger partial charge in [0.2, 0.25) is 0 Å². The molecule has 0 bridgehead atoms. The molecule has 0 unspecified atom stereocenters. The lowest BCUT2D eigenvalue weighted by Gasteiger charge is -2.39. The molecule has 3 atom stereocenters. The Morgan fingerprint density at radius 3 is 2.46 bits per heavy atom. The van der Waals surface area contributed by atoms with Crippen molar-refractivity contribution in [2.24, 2.45) is 0 Å². The Morgan fingerprint density at radius 1 is 1.21 bits per heavy atom. The van der Waals surface area contributed by atoms with Gasteiger partial charge in [-0.05, 0) is 55.1 Å². The van der Waals surface area contributed by atoms with Crippen LogP contribution in [0.4, 0.5) is 0 Å². The third-order valence-corrected chi connectivity index (χ3v) is 10.4. The first kappa shape index (κ1) is 23.1. The second-order valence-electron chi connectivity index (χ2n) is 9.04. The van der Waals surface area contributed by atoms with Crippen LogP contribution in [-0.4, -0.2) is 46.6 Å². The monoisotopic (exact) mass is 408 g/mol. The molecule has 1 heterocycles. The van der Waals surface area contributed by atoms with E-state index in [1.807, 2.05) is 24.3 Å². The van der Waals surface area contributed by atoms with Gasteiger partial charge in [-0.15, -0.1) is 0 Å². The van der Waals surface area contributed by atoms with Crippen LogP contribution < -0.4 is 4.74 Å². The van der Waals surface area contributed by atoms with Crippen LogP contribution in [0.1, 0.15) is 45.6 Å². The van der Waals surface area contributed by atoms with E-state index in [2.05, 4.69) is 33.9 Å². The number of ether oxygens (including phenoxy) is 3. The normalized spacial score (nSPS) is 21.5. The Morgan fingerprint density at radius 2 is 1.89 bits per heavy atom.